The third kappa shape index (κ3) is 2.74. The van der Waals surface area contributed by atoms with Gasteiger partial charge in [-0.2, -0.15) is 0 Å². The van der Waals surface area contributed by atoms with Gasteiger partial charge in [0.2, 0.25) is 0 Å². The molecule has 0 spiro atoms. The van der Waals surface area contributed by atoms with Crippen LogP contribution in [-0.4, -0.2) is 26.6 Å². The molecule has 0 bridgehead atoms. The Balaban J connectivity index is 5.30. The molecular formula is C8H24Br2Si4. The highest BCUT2D eigenvalue weighted by molar-refractivity contribution is 9.29. The van der Waals surface area contributed by atoms with Gasteiger partial charge in [-0.25, -0.2) is 0 Å². The standard InChI is InChI=1S/C8H24Br2Si4/c1-11(2,9)13(5,6)14(7,8)12(3,4)10/h1-8H3. The van der Waals surface area contributed by atoms with Crippen molar-refractivity contribution in [3.63, 3.8) is 0 Å². The fourth-order valence-electron chi connectivity index (χ4n) is 1.49. The maximum Gasteiger partial charge on any atom is 0.113 e. The van der Waals surface area contributed by atoms with Gasteiger partial charge in [-0.3, -0.25) is 0 Å². The maximum atomic E-state index is 4.07. The summed E-state index contributed by atoms with van der Waals surface area (Å²) < 4.78 is 0. The fraction of sp³-hybridized carbons (Fsp3) is 1.00. The number of hydrogen-bond acceptors (Lipinski definition) is 0. The van der Waals surface area contributed by atoms with Gasteiger partial charge in [0, 0.05) is 14.2 Å². The maximum absolute atomic E-state index is 4.07. The van der Waals surface area contributed by atoms with Crippen LogP contribution >= 0.6 is 30.6 Å². The van der Waals surface area contributed by atoms with E-state index in [1.165, 1.54) is 0 Å². The summed E-state index contributed by atoms with van der Waals surface area (Å²) >= 11 is 8.13. The molecule has 0 unspecified atom stereocenters. The Bertz CT molecular complexity index is 188. The number of rotatable bonds is 3. The van der Waals surface area contributed by atoms with Crippen LogP contribution in [0.3, 0.4) is 0 Å². The van der Waals surface area contributed by atoms with E-state index < -0.39 is 26.6 Å². The second-order valence-corrected chi connectivity index (χ2v) is 60.4. The predicted octanol–water partition coefficient (Wildman–Crippen LogP) is 4.84. The molecule has 0 rings (SSSR count). The van der Waals surface area contributed by atoms with Crippen LogP contribution in [0, 0.1) is 0 Å². The molecule has 0 N–H and O–H groups in total. The Labute approximate surface area is 109 Å². The minimum Gasteiger partial charge on any atom is -0.131 e. The Hall–Kier alpha value is 1.83. The molecule has 14 heavy (non-hydrogen) atoms. The lowest BCUT2D eigenvalue weighted by atomic mass is 11.9. The molecule has 0 aliphatic heterocycles. The van der Waals surface area contributed by atoms with Gasteiger partial charge in [-0.1, -0.05) is 52.4 Å². The van der Waals surface area contributed by atoms with Gasteiger partial charge < -0.3 is 0 Å². The van der Waals surface area contributed by atoms with E-state index >= 15 is 0 Å². The largest absolute Gasteiger partial charge is 0.131 e. The van der Waals surface area contributed by atoms with Crippen LogP contribution in [0.25, 0.3) is 0 Å². The molecule has 0 aliphatic rings. The van der Waals surface area contributed by atoms with Crippen molar-refractivity contribution in [1.29, 1.82) is 0 Å². The van der Waals surface area contributed by atoms with E-state index in [2.05, 4.69) is 83.0 Å². The van der Waals surface area contributed by atoms with E-state index in [0.717, 1.165) is 0 Å². The summed E-state index contributed by atoms with van der Waals surface area (Å²) in [6.45, 7) is 20.5. The Kier molecular flexibility index (Phi) is 4.80. The molecule has 0 amide bonds. The molecule has 0 radical (unpaired) electrons. The first-order valence-electron chi connectivity index (χ1n) is 5.13. The fourth-order valence-corrected chi connectivity index (χ4v) is 93.6. The molecule has 0 fully saturated rings. The van der Waals surface area contributed by atoms with Gasteiger partial charge >= 0.3 is 0 Å². The van der Waals surface area contributed by atoms with Crippen LogP contribution in [0.4, 0.5) is 0 Å². The molecule has 0 nitrogen and oxygen atoms in total. The van der Waals surface area contributed by atoms with E-state index in [0.29, 0.717) is 0 Å². The summed E-state index contributed by atoms with van der Waals surface area (Å²) in [7, 11) is -2.12. The number of halogens is 2. The second-order valence-electron chi connectivity index (χ2n) is 6.19. The summed E-state index contributed by atoms with van der Waals surface area (Å²) in [4.78, 5) is 0. The lowest BCUT2D eigenvalue weighted by molar-refractivity contribution is 1.82. The van der Waals surface area contributed by atoms with Crippen LogP contribution < -0.4 is 0 Å². The highest BCUT2D eigenvalue weighted by Gasteiger charge is 2.57. The van der Waals surface area contributed by atoms with E-state index in [1.54, 1.807) is 0 Å². The molecule has 0 aromatic carbocycles. The van der Waals surface area contributed by atoms with Crippen molar-refractivity contribution in [3.05, 3.63) is 0 Å². The first-order valence-corrected chi connectivity index (χ1v) is 24.6. The average Bonchev–Trinajstić information content (AvgIpc) is 1.81. The molecule has 86 valence electrons. The summed E-state index contributed by atoms with van der Waals surface area (Å²) in [6.07, 6.45) is -2.22. The topological polar surface area (TPSA) is 0 Å². The number of hydrogen-bond donors (Lipinski definition) is 0. The third-order valence-corrected chi connectivity index (χ3v) is 90.0. The summed E-state index contributed by atoms with van der Waals surface area (Å²) in [5.41, 5.74) is 0. The zero-order chi connectivity index (χ0) is 12.0. The SMILES string of the molecule is C[Si](C)(Br)[Si](C)(C)[Si](C)(C)[Si](C)(C)Br. The van der Waals surface area contributed by atoms with Gasteiger partial charge in [0.15, 0.2) is 0 Å². The van der Waals surface area contributed by atoms with Gasteiger partial charge in [0.1, 0.15) is 12.4 Å². The third-order valence-electron chi connectivity index (χ3n) is 4.53. The zero-order valence-electron chi connectivity index (χ0n) is 10.8. The molecule has 0 saturated heterocycles. The van der Waals surface area contributed by atoms with Crippen molar-refractivity contribution < 1.29 is 0 Å². The molecule has 0 aromatic rings. The van der Waals surface area contributed by atoms with Gasteiger partial charge in [0.05, 0.1) is 0 Å². The van der Waals surface area contributed by atoms with Gasteiger partial charge in [-0.15, -0.1) is 30.6 Å². The first-order chi connectivity index (χ1) is 5.75. The van der Waals surface area contributed by atoms with Crippen molar-refractivity contribution in [2.24, 2.45) is 0 Å². The Morgan fingerprint density at radius 3 is 0.714 bits per heavy atom. The highest BCUT2D eigenvalue weighted by Crippen LogP contribution is 2.39. The van der Waals surface area contributed by atoms with Crippen molar-refractivity contribution >= 4 is 57.2 Å². The minimum absolute atomic E-state index is 1.06. The monoisotopic (exact) mass is 390 g/mol. The quantitative estimate of drug-likeness (QED) is 0.476. The van der Waals surface area contributed by atoms with Crippen LogP contribution in [0.5, 0.6) is 0 Å². The first kappa shape index (κ1) is 15.8. The predicted molar refractivity (Wildman–Crippen MR) is 87.8 cm³/mol. The summed E-state index contributed by atoms with van der Waals surface area (Å²) in [5, 5.41) is 0. The summed E-state index contributed by atoms with van der Waals surface area (Å²) in [5.74, 6) is 0. The van der Waals surface area contributed by atoms with Crippen LogP contribution in [0.2, 0.25) is 52.4 Å². The Morgan fingerprint density at radius 1 is 0.500 bits per heavy atom. The molecule has 0 heterocycles. The normalized spacial score (nSPS) is 15.9. The van der Waals surface area contributed by atoms with E-state index in [4.69, 9.17) is 0 Å². The summed E-state index contributed by atoms with van der Waals surface area (Å²) in [6, 6.07) is 0. The van der Waals surface area contributed by atoms with Gasteiger partial charge in [-0.05, 0) is 0 Å². The van der Waals surface area contributed by atoms with Crippen LogP contribution in [0.1, 0.15) is 0 Å². The molecule has 0 saturated carbocycles. The minimum atomic E-state index is -1.11. The van der Waals surface area contributed by atoms with Crippen molar-refractivity contribution in [2.45, 2.75) is 52.4 Å². The van der Waals surface area contributed by atoms with Crippen molar-refractivity contribution in [1.82, 2.24) is 0 Å². The van der Waals surface area contributed by atoms with E-state index in [1.807, 2.05) is 0 Å². The van der Waals surface area contributed by atoms with Crippen LogP contribution in [0.15, 0.2) is 0 Å². The van der Waals surface area contributed by atoms with E-state index in [-0.39, 0.29) is 0 Å². The van der Waals surface area contributed by atoms with Crippen molar-refractivity contribution in [2.75, 3.05) is 0 Å². The zero-order valence-corrected chi connectivity index (χ0v) is 17.9. The van der Waals surface area contributed by atoms with E-state index in [9.17, 15) is 0 Å². The smallest absolute Gasteiger partial charge is 0.113 e. The molecular weight excluding hydrogens is 368 g/mol. The molecule has 0 aromatic heterocycles. The average molecular weight is 392 g/mol. The molecule has 0 atom stereocenters. The molecule has 0 aliphatic carbocycles. The highest BCUT2D eigenvalue weighted by atomic mass is 79.9. The Morgan fingerprint density at radius 2 is 0.643 bits per heavy atom. The lowest BCUT2D eigenvalue weighted by Gasteiger charge is -2.50. The lowest BCUT2D eigenvalue weighted by Crippen LogP contribution is -2.75. The second kappa shape index (κ2) is 4.25. The van der Waals surface area contributed by atoms with Gasteiger partial charge in [0.25, 0.3) is 0 Å². The van der Waals surface area contributed by atoms with Crippen molar-refractivity contribution in [3.8, 4) is 0 Å². The van der Waals surface area contributed by atoms with Crippen LogP contribution in [-0.2, 0) is 0 Å². The molecule has 6 heteroatoms.